The first-order chi connectivity index (χ1) is 15.8. The van der Waals surface area contributed by atoms with Crippen LogP contribution < -0.4 is 9.62 Å². The largest absolute Gasteiger partial charge is 0.318 e. The molecule has 12 heteroatoms. The van der Waals surface area contributed by atoms with Gasteiger partial charge in [-0.3, -0.25) is 4.79 Å². The summed E-state index contributed by atoms with van der Waals surface area (Å²) in [7, 11) is -3.88. The second-order valence-electron chi connectivity index (χ2n) is 7.35. The normalized spacial score (nSPS) is 16.5. The highest BCUT2D eigenvalue weighted by molar-refractivity contribution is 7.92. The number of benzene rings is 2. The number of aromatic nitrogens is 4. The fourth-order valence-corrected chi connectivity index (χ4v) is 4.97. The predicted octanol–water partition coefficient (Wildman–Crippen LogP) is 3.89. The summed E-state index contributed by atoms with van der Waals surface area (Å²) in [6, 6.07) is 9.80. The van der Waals surface area contributed by atoms with E-state index < -0.39 is 21.9 Å². The number of hydrogen-bond acceptors (Lipinski definition) is 6. The van der Waals surface area contributed by atoms with Crippen molar-refractivity contribution in [3.8, 4) is 0 Å². The zero-order valence-corrected chi connectivity index (χ0v) is 18.5. The SMILES string of the molecule is O=C1[C@@H](n2cnc3c(Cl)c(F)ccc32)CCN1c1ccc(S(=O)(=O)Nc2ncccn2)cc1.[HH].[HH]. The van der Waals surface area contributed by atoms with Crippen molar-refractivity contribution in [2.45, 2.75) is 17.4 Å². The minimum Gasteiger partial charge on any atom is -0.318 e. The number of sulfonamides is 1. The molecule has 0 spiro atoms. The Morgan fingerprint density at radius 1 is 1.09 bits per heavy atom. The summed E-state index contributed by atoms with van der Waals surface area (Å²) in [5, 5.41) is -0.0835. The number of hydrogen-bond donors (Lipinski definition) is 1. The fourth-order valence-electron chi connectivity index (χ4n) is 3.81. The third-order valence-electron chi connectivity index (χ3n) is 5.40. The summed E-state index contributed by atoms with van der Waals surface area (Å²) in [4.78, 5) is 26.6. The van der Waals surface area contributed by atoms with E-state index in [1.165, 1.54) is 36.9 Å². The highest BCUT2D eigenvalue weighted by Crippen LogP contribution is 2.33. The maximum Gasteiger partial charge on any atom is 0.264 e. The lowest BCUT2D eigenvalue weighted by Gasteiger charge is -2.18. The van der Waals surface area contributed by atoms with E-state index in [2.05, 4.69) is 19.7 Å². The number of anilines is 2. The van der Waals surface area contributed by atoms with Crippen molar-refractivity contribution in [1.29, 1.82) is 0 Å². The van der Waals surface area contributed by atoms with Gasteiger partial charge in [0.15, 0.2) is 0 Å². The minimum atomic E-state index is -3.88. The maximum atomic E-state index is 13.7. The summed E-state index contributed by atoms with van der Waals surface area (Å²) in [5.41, 5.74) is 1.43. The van der Waals surface area contributed by atoms with Crippen LogP contribution in [0.2, 0.25) is 5.02 Å². The van der Waals surface area contributed by atoms with E-state index in [1.54, 1.807) is 33.7 Å². The molecule has 1 aliphatic heterocycles. The van der Waals surface area contributed by atoms with Crippen molar-refractivity contribution < 1.29 is 20.5 Å². The molecule has 1 aliphatic rings. The summed E-state index contributed by atoms with van der Waals surface area (Å²) in [6.07, 6.45) is 4.84. The first kappa shape index (κ1) is 21.3. The standard InChI is InChI=1S/C21H16ClFN6O3S.2H2/c22-18-15(23)6-7-16-19(18)26-12-29(16)17-8-11-28(20(17)30)13-2-4-14(5-3-13)33(31,32)27-21-24-9-1-10-25-21;;/h1-7,9-10,12,17H,8,11H2,(H,24,25,27);2*1H/t17-;;/m0../s1. The molecule has 0 aliphatic carbocycles. The van der Waals surface area contributed by atoms with E-state index in [9.17, 15) is 17.6 Å². The van der Waals surface area contributed by atoms with Crippen molar-refractivity contribution in [3.05, 3.63) is 72.0 Å². The Kier molecular flexibility index (Phi) is 5.22. The quantitative estimate of drug-likeness (QED) is 0.454. The molecular formula is C21H20ClFN6O3S. The second kappa shape index (κ2) is 8.09. The van der Waals surface area contributed by atoms with Gasteiger partial charge in [-0.05, 0) is 48.9 Å². The van der Waals surface area contributed by atoms with Gasteiger partial charge < -0.3 is 9.47 Å². The van der Waals surface area contributed by atoms with Crippen molar-refractivity contribution in [1.82, 2.24) is 19.5 Å². The van der Waals surface area contributed by atoms with Gasteiger partial charge >= 0.3 is 0 Å². The number of carbonyl (C=O) groups is 1. The van der Waals surface area contributed by atoms with Crippen LogP contribution >= 0.6 is 11.6 Å². The first-order valence-corrected chi connectivity index (χ1v) is 11.7. The van der Waals surface area contributed by atoms with Crippen LogP contribution in [0.4, 0.5) is 16.0 Å². The number of imidazole rings is 1. The monoisotopic (exact) mass is 490 g/mol. The van der Waals surface area contributed by atoms with E-state index in [4.69, 9.17) is 11.6 Å². The third-order valence-corrected chi connectivity index (χ3v) is 7.10. The molecule has 2 aromatic carbocycles. The lowest BCUT2D eigenvalue weighted by Crippen LogP contribution is -2.28. The van der Waals surface area contributed by atoms with Crippen LogP contribution in [0.25, 0.3) is 11.0 Å². The van der Waals surface area contributed by atoms with E-state index in [0.29, 0.717) is 29.7 Å². The number of nitrogens with zero attached hydrogens (tertiary/aromatic N) is 5. The third kappa shape index (κ3) is 3.79. The van der Waals surface area contributed by atoms with Gasteiger partial charge in [0.25, 0.3) is 10.0 Å². The van der Waals surface area contributed by atoms with Gasteiger partial charge in [-0.2, -0.15) is 0 Å². The Morgan fingerprint density at radius 2 is 1.82 bits per heavy atom. The van der Waals surface area contributed by atoms with Crippen LogP contribution in [0.15, 0.2) is 66.1 Å². The van der Waals surface area contributed by atoms with Crippen molar-refractivity contribution in [2.75, 3.05) is 16.2 Å². The maximum absolute atomic E-state index is 13.7. The number of carbonyl (C=O) groups excluding carboxylic acids is 1. The number of amides is 1. The van der Waals surface area contributed by atoms with Gasteiger partial charge in [0.2, 0.25) is 11.9 Å². The molecule has 172 valence electrons. The van der Waals surface area contributed by atoms with Gasteiger partial charge in [-0.1, -0.05) is 11.6 Å². The summed E-state index contributed by atoms with van der Waals surface area (Å²) in [5.74, 6) is -0.787. The number of halogens is 2. The first-order valence-electron chi connectivity index (χ1n) is 9.87. The predicted molar refractivity (Wildman–Crippen MR) is 124 cm³/mol. The summed E-state index contributed by atoms with van der Waals surface area (Å²) >= 11 is 6.00. The summed E-state index contributed by atoms with van der Waals surface area (Å²) < 4.78 is 42.8. The molecular weight excluding hydrogens is 471 g/mol. The molecule has 33 heavy (non-hydrogen) atoms. The Hall–Kier alpha value is -3.57. The van der Waals surface area contributed by atoms with Crippen LogP contribution in [0.3, 0.4) is 0 Å². The van der Waals surface area contributed by atoms with Crippen molar-refractivity contribution in [3.63, 3.8) is 0 Å². The molecule has 1 fully saturated rings. The molecule has 1 N–H and O–H groups in total. The molecule has 4 aromatic rings. The number of rotatable bonds is 5. The van der Waals surface area contributed by atoms with Gasteiger partial charge in [0.05, 0.1) is 16.7 Å². The molecule has 5 rings (SSSR count). The van der Waals surface area contributed by atoms with E-state index in [-0.39, 0.29) is 24.6 Å². The lowest BCUT2D eigenvalue weighted by atomic mass is 10.2. The van der Waals surface area contributed by atoms with Gasteiger partial charge in [-0.25, -0.2) is 32.5 Å². The van der Waals surface area contributed by atoms with E-state index in [1.807, 2.05) is 0 Å². The van der Waals surface area contributed by atoms with Crippen molar-refractivity contribution >= 4 is 50.2 Å². The minimum absolute atomic E-state index is 0. The molecule has 3 heterocycles. The number of fused-ring (bicyclic) bond motifs is 1. The molecule has 1 atom stereocenters. The molecule has 9 nitrogen and oxygen atoms in total. The number of nitrogens with one attached hydrogen (secondary N) is 1. The van der Waals surface area contributed by atoms with E-state index in [0.717, 1.165) is 0 Å². The van der Waals surface area contributed by atoms with Crippen LogP contribution in [0.5, 0.6) is 0 Å². The Labute approximate surface area is 195 Å². The zero-order valence-electron chi connectivity index (χ0n) is 16.9. The lowest BCUT2D eigenvalue weighted by molar-refractivity contribution is -0.119. The van der Waals surface area contributed by atoms with Gasteiger partial charge in [-0.15, -0.1) is 0 Å². The van der Waals surface area contributed by atoms with Gasteiger partial charge in [0, 0.05) is 27.5 Å². The smallest absolute Gasteiger partial charge is 0.264 e. The molecule has 2 aromatic heterocycles. The summed E-state index contributed by atoms with van der Waals surface area (Å²) in [6.45, 7) is 0.431. The fraction of sp³-hybridized carbons (Fsp3) is 0.143. The second-order valence-corrected chi connectivity index (χ2v) is 9.41. The Morgan fingerprint density at radius 3 is 2.55 bits per heavy atom. The van der Waals surface area contributed by atoms with Crippen LogP contribution in [-0.2, 0) is 14.8 Å². The average Bonchev–Trinajstić information content (AvgIpc) is 3.40. The van der Waals surface area contributed by atoms with Crippen LogP contribution in [-0.4, -0.2) is 40.4 Å². The Bertz CT molecular complexity index is 1470. The molecule has 0 saturated carbocycles. The molecule has 1 amide bonds. The van der Waals surface area contributed by atoms with Crippen LogP contribution in [0, 0.1) is 5.82 Å². The average molecular weight is 491 g/mol. The Balaban J connectivity index is 0.00000171. The molecule has 0 radical (unpaired) electrons. The van der Waals surface area contributed by atoms with Gasteiger partial charge in [0.1, 0.15) is 22.4 Å². The molecule has 1 saturated heterocycles. The van der Waals surface area contributed by atoms with E-state index >= 15 is 0 Å². The molecule has 0 unspecified atom stereocenters. The van der Waals surface area contributed by atoms with Crippen LogP contribution in [0.1, 0.15) is 15.3 Å². The topological polar surface area (TPSA) is 110 Å². The molecule has 0 bridgehead atoms. The zero-order chi connectivity index (χ0) is 23.2. The highest BCUT2D eigenvalue weighted by atomic mass is 35.5. The van der Waals surface area contributed by atoms with Crippen molar-refractivity contribution in [2.24, 2.45) is 0 Å². The highest BCUT2D eigenvalue weighted by Gasteiger charge is 2.35.